The SMILES string of the molecule is O=C(O)c1[nH]ncc1CN1CCCc2ccccc21. The largest absolute Gasteiger partial charge is 0.477 e. The van der Waals surface area contributed by atoms with Gasteiger partial charge in [0.1, 0.15) is 5.69 Å². The maximum atomic E-state index is 11.1. The summed E-state index contributed by atoms with van der Waals surface area (Å²) in [5.74, 6) is -0.960. The highest BCUT2D eigenvalue weighted by molar-refractivity contribution is 5.87. The van der Waals surface area contributed by atoms with Crippen LogP contribution in [0.1, 0.15) is 28.0 Å². The molecule has 0 saturated heterocycles. The number of nitrogens with zero attached hydrogens (tertiary/aromatic N) is 2. The summed E-state index contributed by atoms with van der Waals surface area (Å²) in [4.78, 5) is 13.3. The first-order chi connectivity index (χ1) is 9.25. The number of hydrogen-bond acceptors (Lipinski definition) is 3. The number of aromatic amines is 1. The number of H-pyrrole nitrogens is 1. The van der Waals surface area contributed by atoms with Gasteiger partial charge in [0, 0.05) is 24.3 Å². The topological polar surface area (TPSA) is 69.2 Å². The molecule has 1 aromatic carbocycles. The lowest BCUT2D eigenvalue weighted by molar-refractivity contribution is 0.0689. The first-order valence-corrected chi connectivity index (χ1v) is 6.34. The number of aromatic carboxylic acids is 1. The van der Waals surface area contributed by atoms with Crippen LogP contribution in [-0.4, -0.2) is 27.8 Å². The summed E-state index contributed by atoms with van der Waals surface area (Å²) in [6, 6.07) is 8.29. The highest BCUT2D eigenvalue weighted by atomic mass is 16.4. The predicted molar refractivity (Wildman–Crippen MR) is 71.4 cm³/mol. The zero-order chi connectivity index (χ0) is 13.2. The summed E-state index contributed by atoms with van der Waals surface area (Å²) in [5.41, 5.74) is 3.44. The van der Waals surface area contributed by atoms with E-state index in [0.29, 0.717) is 6.54 Å². The average molecular weight is 257 g/mol. The highest BCUT2D eigenvalue weighted by Gasteiger charge is 2.20. The van der Waals surface area contributed by atoms with E-state index in [0.717, 1.165) is 24.9 Å². The van der Waals surface area contributed by atoms with Crippen LogP contribution in [-0.2, 0) is 13.0 Å². The minimum absolute atomic E-state index is 0.183. The van der Waals surface area contributed by atoms with Gasteiger partial charge in [0.15, 0.2) is 0 Å². The van der Waals surface area contributed by atoms with Gasteiger partial charge < -0.3 is 10.0 Å². The fourth-order valence-electron chi connectivity index (χ4n) is 2.60. The summed E-state index contributed by atoms with van der Waals surface area (Å²) in [5, 5.41) is 15.5. The van der Waals surface area contributed by atoms with E-state index in [1.54, 1.807) is 6.20 Å². The molecule has 5 nitrogen and oxygen atoms in total. The molecule has 2 heterocycles. The van der Waals surface area contributed by atoms with Gasteiger partial charge in [0.25, 0.3) is 0 Å². The lowest BCUT2D eigenvalue weighted by Crippen LogP contribution is -2.29. The minimum atomic E-state index is -0.960. The molecular weight excluding hydrogens is 242 g/mol. The van der Waals surface area contributed by atoms with E-state index in [4.69, 9.17) is 5.11 Å². The van der Waals surface area contributed by atoms with Crippen molar-refractivity contribution in [3.05, 3.63) is 47.3 Å². The van der Waals surface area contributed by atoms with E-state index >= 15 is 0 Å². The number of anilines is 1. The molecule has 0 spiro atoms. The Hall–Kier alpha value is -2.30. The molecule has 1 aliphatic heterocycles. The van der Waals surface area contributed by atoms with Crippen LogP contribution in [0, 0.1) is 0 Å². The van der Waals surface area contributed by atoms with Crippen LogP contribution in [0.4, 0.5) is 5.69 Å². The number of aromatic nitrogens is 2. The van der Waals surface area contributed by atoms with Crippen molar-refractivity contribution in [1.82, 2.24) is 10.2 Å². The Bertz CT molecular complexity index is 606. The standard InChI is InChI=1S/C14H15N3O2/c18-14(19)13-11(8-15-16-13)9-17-7-3-5-10-4-1-2-6-12(10)17/h1-2,4,6,8H,3,5,7,9H2,(H,15,16)(H,18,19). The van der Waals surface area contributed by atoms with Crippen molar-refractivity contribution in [2.45, 2.75) is 19.4 Å². The molecule has 0 radical (unpaired) electrons. The molecule has 0 bridgehead atoms. The Morgan fingerprint density at radius 2 is 2.26 bits per heavy atom. The van der Waals surface area contributed by atoms with Gasteiger partial charge >= 0.3 is 5.97 Å². The molecule has 98 valence electrons. The minimum Gasteiger partial charge on any atom is -0.477 e. The van der Waals surface area contributed by atoms with Gasteiger partial charge in [-0.3, -0.25) is 5.10 Å². The molecule has 0 atom stereocenters. The number of hydrogen-bond donors (Lipinski definition) is 2. The van der Waals surface area contributed by atoms with Crippen molar-refractivity contribution in [2.24, 2.45) is 0 Å². The van der Waals surface area contributed by atoms with E-state index in [-0.39, 0.29) is 5.69 Å². The third kappa shape index (κ3) is 2.19. The fourth-order valence-corrected chi connectivity index (χ4v) is 2.60. The summed E-state index contributed by atoms with van der Waals surface area (Å²) >= 11 is 0. The quantitative estimate of drug-likeness (QED) is 0.883. The Morgan fingerprint density at radius 1 is 1.42 bits per heavy atom. The third-order valence-electron chi connectivity index (χ3n) is 3.50. The van der Waals surface area contributed by atoms with Crippen LogP contribution >= 0.6 is 0 Å². The highest BCUT2D eigenvalue weighted by Crippen LogP contribution is 2.28. The van der Waals surface area contributed by atoms with Gasteiger partial charge in [-0.25, -0.2) is 4.79 Å². The lowest BCUT2D eigenvalue weighted by Gasteiger charge is -2.31. The van der Waals surface area contributed by atoms with Crippen LogP contribution in [0.15, 0.2) is 30.5 Å². The first kappa shape index (κ1) is 11.8. The number of carboxylic acid groups (broad SMARTS) is 1. The fraction of sp³-hybridized carbons (Fsp3) is 0.286. The normalized spacial score (nSPS) is 14.2. The number of nitrogens with one attached hydrogen (secondary N) is 1. The molecule has 0 fully saturated rings. The molecular formula is C14H15N3O2. The number of rotatable bonds is 3. The van der Waals surface area contributed by atoms with E-state index in [1.165, 1.54) is 11.3 Å². The Morgan fingerprint density at radius 3 is 3.11 bits per heavy atom. The predicted octanol–water partition coefficient (Wildman–Crippen LogP) is 2.06. The molecule has 3 rings (SSSR count). The van der Waals surface area contributed by atoms with E-state index < -0.39 is 5.97 Å². The molecule has 1 aromatic heterocycles. The Labute approximate surface area is 110 Å². The zero-order valence-electron chi connectivity index (χ0n) is 10.5. The van der Waals surface area contributed by atoms with Gasteiger partial charge in [-0.2, -0.15) is 5.10 Å². The average Bonchev–Trinajstić information content (AvgIpc) is 2.87. The summed E-state index contributed by atoms with van der Waals surface area (Å²) in [7, 11) is 0. The molecule has 2 N–H and O–H groups in total. The van der Waals surface area contributed by atoms with Gasteiger partial charge in [-0.1, -0.05) is 18.2 Å². The maximum Gasteiger partial charge on any atom is 0.354 e. The van der Waals surface area contributed by atoms with Gasteiger partial charge in [-0.15, -0.1) is 0 Å². The first-order valence-electron chi connectivity index (χ1n) is 6.34. The van der Waals surface area contributed by atoms with E-state index in [1.807, 2.05) is 12.1 Å². The smallest absolute Gasteiger partial charge is 0.354 e. The van der Waals surface area contributed by atoms with Crippen molar-refractivity contribution < 1.29 is 9.90 Å². The van der Waals surface area contributed by atoms with Crippen molar-refractivity contribution >= 4 is 11.7 Å². The molecule has 0 unspecified atom stereocenters. The van der Waals surface area contributed by atoms with Crippen molar-refractivity contribution in [3.63, 3.8) is 0 Å². The van der Waals surface area contributed by atoms with Gasteiger partial charge in [-0.05, 0) is 24.5 Å². The van der Waals surface area contributed by atoms with Crippen molar-refractivity contribution in [3.8, 4) is 0 Å². The zero-order valence-corrected chi connectivity index (χ0v) is 10.5. The Balaban J connectivity index is 1.89. The summed E-state index contributed by atoms with van der Waals surface area (Å²) in [6.45, 7) is 1.52. The number of benzene rings is 1. The number of carboxylic acids is 1. The van der Waals surface area contributed by atoms with Crippen LogP contribution in [0.25, 0.3) is 0 Å². The number of fused-ring (bicyclic) bond motifs is 1. The van der Waals surface area contributed by atoms with Crippen LogP contribution in [0.2, 0.25) is 0 Å². The van der Waals surface area contributed by atoms with Gasteiger partial charge in [0.05, 0.1) is 6.20 Å². The van der Waals surface area contributed by atoms with Crippen LogP contribution < -0.4 is 4.90 Å². The molecule has 2 aromatic rings. The third-order valence-corrected chi connectivity index (χ3v) is 3.50. The second-order valence-corrected chi connectivity index (χ2v) is 4.73. The summed E-state index contributed by atoms with van der Waals surface area (Å²) in [6.07, 6.45) is 3.78. The second-order valence-electron chi connectivity index (χ2n) is 4.73. The second kappa shape index (κ2) is 4.76. The van der Waals surface area contributed by atoms with Crippen molar-refractivity contribution in [1.29, 1.82) is 0 Å². The monoisotopic (exact) mass is 257 g/mol. The molecule has 0 aliphatic carbocycles. The number of para-hydroxylation sites is 1. The number of carbonyl (C=O) groups is 1. The molecule has 0 saturated carbocycles. The maximum absolute atomic E-state index is 11.1. The van der Waals surface area contributed by atoms with E-state index in [9.17, 15) is 4.79 Å². The van der Waals surface area contributed by atoms with Crippen LogP contribution in [0.3, 0.4) is 0 Å². The van der Waals surface area contributed by atoms with Crippen LogP contribution in [0.5, 0.6) is 0 Å². The molecule has 5 heteroatoms. The van der Waals surface area contributed by atoms with Gasteiger partial charge in [0.2, 0.25) is 0 Å². The van der Waals surface area contributed by atoms with E-state index in [2.05, 4.69) is 27.2 Å². The summed E-state index contributed by atoms with van der Waals surface area (Å²) < 4.78 is 0. The van der Waals surface area contributed by atoms with Crippen molar-refractivity contribution in [2.75, 3.05) is 11.4 Å². The lowest BCUT2D eigenvalue weighted by atomic mass is 10.0. The Kier molecular flexibility index (Phi) is 2.95. The molecule has 1 aliphatic rings. The molecule has 0 amide bonds. The number of aryl methyl sites for hydroxylation is 1. The molecule has 19 heavy (non-hydrogen) atoms.